The van der Waals surface area contributed by atoms with E-state index in [-0.39, 0.29) is 6.10 Å². The first-order chi connectivity index (χ1) is 8.45. The Labute approximate surface area is 106 Å². The van der Waals surface area contributed by atoms with Crippen LogP contribution in [-0.2, 0) is 14.3 Å². The van der Waals surface area contributed by atoms with E-state index in [1.807, 2.05) is 13.8 Å². The molecule has 0 aliphatic heterocycles. The topological polar surface area (TPSA) is 55.8 Å². The summed E-state index contributed by atoms with van der Waals surface area (Å²) in [5, 5.41) is 0. The summed E-state index contributed by atoms with van der Waals surface area (Å²) in [6.45, 7) is 3.86. The van der Waals surface area contributed by atoms with Crippen LogP contribution in [-0.4, -0.2) is 32.1 Å². The van der Waals surface area contributed by atoms with Gasteiger partial charge >= 0.3 is 11.9 Å². The van der Waals surface area contributed by atoms with Crippen LogP contribution in [0.4, 0.5) is 5.69 Å². The molecule has 0 atom stereocenters. The van der Waals surface area contributed by atoms with Crippen LogP contribution in [0.1, 0.15) is 13.8 Å². The maximum atomic E-state index is 11.6. The maximum Gasteiger partial charge on any atom is 0.397 e. The van der Waals surface area contributed by atoms with Gasteiger partial charge in [-0.3, -0.25) is 4.79 Å². The highest BCUT2D eigenvalue weighted by atomic mass is 16.5. The zero-order valence-electron chi connectivity index (χ0n) is 11.0. The van der Waals surface area contributed by atoms with Crippen molar-refractivity contribution in [1.82, 2.24) is 0 Å². The van der Waals surface area contributed by atoms with Crippen molar-refractivity contribution in [2.24, 2.45) is 0 Å². The summed E-state index contributed by atoms with van der Waals surface area (Å²) in [5.74, 6) is -0.886. The van der Waals surface area contributed by atoms with Gasteiger partial charge in [-0.05, 0) is 38.1 Å². The van der Waals surface area contributed by atoms with Crippen LogP contribution in [0.2, 0.25) is 0 Å². The molecule has 0 bridgehead atoms. The van der Waals surface area contributed by atoms with E-state index in [9.17, 15) is 9.59 Å². The molecule has 98 valence electrons. The Bertz CT molecular complexity index is 425. The molecule has 5 nitrogen and oxygen atoms in total. The first-order valence-corrected chi connectivity index (χ1v) is 5.58. The van der Waals surface area contributed by atoms with Gasteiger partial charge in [0, 0.05) is 12.7 Å². The number of rotatable bonds is 3. The lowest BCUT2D eigenvalue weighted by molar-refractivity contribution is -0.151. The molecule has 0 radical (unpaired) electrons. The Morgan fingerprint density at radius 1 is 1.17 bits per heavy atom. The number of hydrogen-bond donors (Lipinski definition) is 0. The van der Waals surface area contributed by atoms with Gasteiger partial charge in [0.1, 0.15) is 5.75 Å². The van der Waals surface area contributed by atoms with E-state index >= 15 is 0 Å². The quantitative estimate of drug-likeness (QED) is 0.605. The van der Waals surface area contributed by atoms with Crippen molar-refractivity contribution in [1.29, 1.82) is 0 Å². The minimum atomic E-state index is -0.889. The number of nitrogens with zero attached hydrogens (tertiary/aromatic N) is 1. The van der Waals surface area contributed by atoms with Gasteiger partial charge < -0.3 is 14.4 Å². The largest absolute Gasteiger partial charge is 0.491 e. The van der Waals surface area contributed by atoms with Crippen molar-refractivity contribution < 1.29 is 19.1 Å². The summed E-state index contributed by atoms with van der Waals surface area (Å²) < 4.78 is 9.86. The van der Waals surface area contributed by atoms with Crippen molar-refractivity contribution in [3.05, 3.63) is 24.3 Å². The minimum absolute atomic E-state index is 0.0882. The standard InChI is InChI=1S/C13H17NO4/c1-9(2)18-11-7-5-10(6-8-11)14(3)12(15)13(16)17-4/h5-9H,1-4H3. The van der Waals surface area contributed by atoms with Crippen molar-refractivity contribution >= 4 is 17.6 Å². The Kier molecular flexibility index (Phi) is 4.71. The third kappa shape index (κ3) is 3.48. The Morgan fingerprint density at radius 3 is 2.17 bits per heavy atom. The van der Waals surface area contributed by atoms with Crippen molar-refractivity contribution in [2.45, 2.75) is 20.0 Å². The smallest absolute Gasteiger partial charge is 0.397 e. The highest BCUT2D eigenvalue weighted by molar-refractivity contribution is 6.37. The molecule has 1 amide bonds. The van der Waals surface area contributed by atoms with E-state index in [4.69, 9.17) is 4.74 Å². The van der Waals surface area contributed by atoms with Gasteiger partial charge in [-0.25, -0.2) is 4.79 Å². The lowest BCUT2D eigenvalue weighted by Gasteiger charge is -2.16. The first kappa shape index (κ1) is 14.0. The molecular weight excluding hydrogens is 234 g/mol. The predicted molar refractivity (Wildman–Crippen MR) is 67.6 cm³/mol. The molecule has 0 heterocycles. The van der Waals surface area contributed by atoms with E-state index in [0.717, 1.165) is 0 Å². The highest BCUT2D eigenvalue weighted by Crippen LogP contribution is 2.19. The molecule has 1 aromatic rings. The molecule has 0 aromatic heterocycles. The van der Waals surface area contributed by atoms with E-state index < -0.39 is 11.9 Å². The lowest BCUT2D eigenvalue weighted by Crippen LogP contribution is -2.33. The number of ether oxygens (including phenoxy) is 2. The van der Waals surface area contributed by atoms with Gasteiger partial charge in [0.05, 0.1) is 13.2 Å². The second-order valence-corrected chi connectivity index (χ2v) is 4.02. The van der Waals surface area contributed by atoms with Gasteiger partial charge in [0.25, 0.3) is 0 Å². The van der Waals surface area contributed by atoms with Crippen LogP contribution < -0.4 is 9.64 Å². The van der Waals surface area contributed by atoms with Gasteiger partial charge in [-0.1, -0.05) is 0 Å². The molecule has 1 aromatic carbocycles. The first-order valence-electron chi connectivity index (χ1n) is 5.58. The molecule has 1 rings (SSSR count). The third-order valence-electron chi connectivity index (χ3n) is 2.26. The third-order valence-corrected chi connectivity index (χ3v) is 2.26. The van der Waals surface area contributed by atoms with Crippen molar-refractivity contribution in [3.8, 4) is 5.75 Å². The summed E-state index contributed by atoms with van der Waals surface area (Å²) in [5.41, 5.74) is 0.599. The number of anilines is 1. The fourth-order valence-electron chi connectivity index (χ4n) is 1.36. The van der Waals surface area contributed by atoms with E-state index in [1.54, 1.807) is 24.3 Å². The van der Waals surface area contributed by atoms with Crippen LogP contribution in [0.15, 0.2) is 24.3 Å². The minimum Gasteiger partial charge on any atom is -0.491 e. The molecule has 0 aliphatic rings. The number of amides is 1. The number of esters is 1. The number of carbonyl (C=O) groups excluding carboxylic acids is 2. The number of carbonyl (C=O) groups is 2. The van der Waals surface area contributed by atoms with Gasteiger partial charge in [0.2, 0.25) is 0 Å². The van der Waals surface area contributed by atoms with Gasteiger partial charge in [0.15, 0.2) is 0 Å². The number of benzene rings is 1. The monoisotopic (exact) mass is 251 g/mol. The van der Waals surface area contributed by atoms with Crippen LogP contribution in [0, 0.1) is 0 Å². The number of hydrogen-bond acceptors (Lipinski definition) is 4. The zero-order valence-corrected chi connectivity index (χ0v) is 11.0. The summed E-state index contributed by atoms with van der Waals surface area (Å²) in [6, 6.07) is 6.91. The predicted octanol–water partition coefficient (Wildman–Crippen LogP) is 1.61. The molecule has 0 aliphatic carbocycles. The van der Waals surface area contributed by atoms with Crippen LogP contribution in [0.5, 0.6) is 5.75 Å². The van der Waals surface area contributed by atoms with Gasteiger partial charge in [-0.15, -0.1) is 0 Å². The molecule has 5 heteroatoms. The maximum absolute atomic E-state index is 11.6. The van der Waals surface area contributed by atoms with Crippen LogP contribution in [0.25, 0.3) is 0 Å². The average molecular weight is 251 g/mol. The molecule has 18 heavy (non-hydrogen) atoms. The Morgan fingerprint density at radius 2 is 1.72 bits per heavy atom. The number of likely N-dealkylation sites (N-methyl/N-ethyl adjacent to an activating group) is 1. The van der Waals surface area contributed by atoms with E-state index in [0.29, 0.717) is 11.4 Å². The lowest BCUT2D eigenvalue weighted by atomic mass is 10.2. The number of methoxy groups -OCH3 is 1. The fraction of sp³-hybridized carbons (Fsp3) is 0.385. The molecule has 0 N–H and O–H groups in total. The molecule has 0 fully saturated rings. The molecule has 0 unspecified atom stereocenters. The normalized spacial score (nSPS) is 10.1. The fourth-order valence-corrected chi connectivity index (χ4v) is 1.36. The van der Waals surface area contributed by atoms with E-state index in [1.165, 1.54) is 19.1 Å². The molecular formula is C13H17NO4. The van der Waals surface area contributed by atoms with Crippen LogP contribution in [0.3, 0.4) is 0 Å². The molecule has 0 saturated heterocycles. The van der Waals surface area contributed by atoms with Gasteiger partial charge in [-0.2, -0.15) is 0 Å². The summed E-state index contributed by atoms with van der Waals surface area (Å²) in [6.07, 6.45) is 0.0882. The van der Waals surface area contributed by atoms with Crippen LogP contribution >= 0.6 is 0 Å². The van der Waals surface area contributed by atoms with Crippen molar-refractivity contribution in [3.63, 3.8) is 0 Å². The summed E-state index contributed by atoms with van der Waals surface area (Å²) in [7, 11) is 2.69. The SMILES string of the molecule is COC(=O)C(=O)N(C)c1ccc(OC(C)C)cc1. The average Bonchev–Trinajstić information content (AvgIpc) is 2.36. The second-order valence-electron chi connectivity index (χ2n) is 4.02. The summed E-state index contributed by atoms with van der Waals surface area (Å²) in [4.78, 5) is 23.9. The van der Waals surface area contributed by atoms with E-state index in [2.05, 4.69) is 4.74 Å². The molecule has 0 spiro atoms. The second kappa shape index (κ2) is 6.05. The Balaban J connectivity index is 2.78. The summed E-state index contributed by atoms with van der Waals surface area (Å²) >= 11 is 0. The highest BCUT2D eigenvalue weighted by Gasteiger charge is 2.20. The molecule has 0 saturated carbocycles. The Hall–Kier alpha value is -2.04. The van der Waals surface area contributed by atoms with Crippen molar-refractivity contribution in [2.75, 3.05) is 19.1 Å². The zero-order chi connectivity index (χ0) is 13.7.